The van der Waals surface area contributed by atoms with Gasteiger partial charge in [0.25, 0.3) is 0 Å². The highest BCUT2D eigenvalue weighted by atomic mass is 16.6. The Hall–Kier alpha value is -3.54. The van der Waals surface area contributed by atoms with Crippen LogP contribution in [-0.2, 0) is 9.53 Å². The number of ether oxygens (including phenoxy) is 2. The Kier molecular flexibility index (Phi) is 9.69. The molecule has 1 aromatic heterocycles. The van der Waals surface area contributed by atoms with Gasteiger partial charge in [-0.3, -0.25) is 4.79 Å². The first kappa shape index (κ1) is 34.9. The molecule has 0 bridgehead atoms. The number of allylic oxidation sites excluding steroid dienone is 1. The number of carbonyl (C=O) groups excluding carboxylic acids is 1. The number of fused-ring (bicyclic) bond motifs is 6. The third-order valence-electron chi connectivity index (χ3n) is 13.8. The van der Waals surface area contributed by atoms with Crippen molar-refractivity contribution in [1.29, 1.82) is 0 Å². The number of hydrogen-bond donors (Lipinski definition) is 1. The molecular formula is C44H56O6. The number of phenols is 1. The summed E-state index contributed by atoms with van der Waals surface area (Å²) in [5, 5.41) is 10.7. The van der Waals surface area contributed by atoms with Crippen LogP contribution in [0.25, 0.3) is 22.3 Å². The predicted molar refractivity (Wildman–Crippen MR) is 198 cm³/mol. The van der Waals surface area contributed by atoms with Gasteiger partial charge in [-0.25, -0.2) is 4.79 Å². The maximum absolute atomic E-state index is 13.0. The molecule has 8 atom stereocenters. The largest absolute Gasteiger partial charge is 0.507 e. The van der Waals surface area contributed by atoms with Crippen molar-refractivity contribution in [3.63, 3.8) is 0 Å². The van der Waals surface area contributed by atoms with Gasteiger partial charge in [-0.15, -0.1) is 0 Å². The Balaban J connectivity index is 0.970. The molecule has 2 aromatic carbocycles. The summed E-state index contributed by atoms with van der Waals surface area (Å²) in [6, 6.07) is 13.6. The van der Waals surface area contributed by atoms with Crippen molar-refractivity contribution < 1.29 is 23.8 Å². The van der Waals surface area contributed by atoms with Crippen LogP contribution < -0.4 is 10.2 Å². The van der Waals surface area contributed by atoms with E-state index in [2.05, 4.69) is 40.7 Å². The first-order valence-electron chi connectivity index (χ1n) is 19.3. The first-order chi connectivity index (χ1) is 24.0. The Bertz CT molecular complexity index is 1790. The van der Waals surface area contributed by atoms with Crippen molar-refractivity contribution in [1.82, 2.24) is 0 Å². The average Bonchev–Trinajstić information content (AvgIpc) is 3.44. The zero-order valence-electron chi connectivity index (χ0n) is 30.7. The van der Waals surface area contributed by atoms with Gasteiger partial charge in [0.15, 0.2) is 12.0 Å². The van der Waals surface area contributed by atoms with Gasteiger partial charge in [0.1, 0.15) is 34.3 Å². The Morgan fingerprint density at radius 3 is 2.56 bits per heavy atom. The van der Waals surface area contributed by atoms with E-state index in [4.69, 9.17) is 13.9 Å². The molecular weight excluding hydrogens is 624 g/mol. The van der Waals surface area contributed by atoms with Crippen LogP contribution in [0, 0.1) is 46.3 Å². The quantitative estimate of drug-likeness (QED) is 0.169. The second-order valence-corrected chi connectivity index (χ2v) is 17.1. The van der Waals surface area contributed by atoms with Crippen LogP contribution in [0.4, 0.5) is 0 Å². The minimum absolute atomic E-state index is 0.0786. The van der Waals surface area contributed by atoms with Crippen LogP contribution in [0.15, 0.2) is 69.4 Å². The Morgan fingerprint density at radius 1 is 0.980 bits per heavy atom. The van der Waals surface area contributed by atoms with Crippen molar-refractivity contribution in [3.05, 3.63) is 70.4 Å². The lowest BCUT2D eigenvalue weighted by Gasteiger charge is -2.58. The van der Waals surface area contributed by atoms with Gasteiger partial charge in [-0.1, -0.05) is 95.9 Å². The van der Waals surface area contributed by atoms with E-state index in [-0.39, 0.29) is 46.0 Å². The van der Waals surface area contributed by atoms with Gasteiger partial charge in [-0.2, -0.15) is 0 Å². The second kappa shape index (κ2) is 13.9. The fourth-order valence-electron chi connectivity index (χ4n) is 11.2. The number of benzene rings is 2. The van der Waals surface area contributed by atoms with E-state index >= 15 is 0 Å². The third kappa shape index (κ3) is 6.52. The molecule has 4 aliphatic carbocycles. The molecule has 268 valence electrons. The molecule has 0 unspecified atom stereocenters. The number of esters is 1. The standard InChI is InChI=1S/C44H56O6/c1-27(2)10-9-11-28(3)34-16-17-35-33-15-14-30-22-31(18-20-43(30,4)36(33)19-21-44(34,35)5)49-41(47)26-48-32-23-37(45)42-38(46)25-39(50-40(42)24-32)29-12-7-6-8-13-29/h6-8,12-14,23-25,27-28,31,33-36,45H,9-11,15-22,26H2,1-5H3/t28-,31-,33+,34-,35+,36+,43-,44-/m0/s1. The predicted octanol–water partition coefficient (Wildman–Crippen LogP) is 10.5. The fourth-order valence-corrected chi connectivity index (χ4v) is 11.2. The summed E-state index contributed by atoms with van der Waals surface area (Å²) in [5.41, 5.74) is 2.76. The van der Waals surface area contributed by atoms with Crippen molar-refractivity contribution in [2.75, 3.05) is 6.61 Å². The minimum atomic E-state index is -0.431. The second-order valence-electron chi connectivity index (χ2n) is 17.1. The molecule has 3 aromatic rings. The smallest absolute Gasteiger partial charge is 0.344 e. The number of phenolic OH excluding ortho intramolecular Hbond substituents is 1. The zero-order chi connectivity index (χ0) is 35.2. The van der Waals surface area contributed by atoms with E-state index in [0.717, 1.165) is 60.3 Å². The molecule has 1 heterocycles. The van der Waals surface area contributed by atoms with Crippen molar-refractivity contribution >= 4 is 16.9 Å². The van der Waals surface area contributed by atoms with Gasteiger partial charge in [0.2, 0.25) is 0 Å². The number of hydrogen-bond acceptors (Lipinski definition) is 6. The summed E-state index contributed by atoms with van der Waals surface area (Å²) >= 11 is 0. The normalized spacial score (nSPS) is 31.0. The summed E-state index contributed by atoms with van der Waals surface area (Å²) in [6.07, 6.45) is 15.8. The van der Waals surface area contributed by atoms with E-state index < -0.39 is 5.97 Å². The Morgan fingerprint density at radius 2 is 1.78 bits per heavy atom. The van der Waals surface area contributed by atoms with Crippen LogP contribution in [0.1, 0.15) is 105 Å². The van der Waals surface area contributed by atoms with Crippen molar-refractivity contribution in [2.45, 2.75) is 111 Å². The number of rotatable bonds is 10. The lowest BCUT2D eigenvalue weighted by molar-refractivity contribution is -0.153. The molecule has 0 aliphatic heterocycles. The highest BCUT2D eigenvalue weighted by Gasteiger charge is 2.59. The molecule has 50 heavy (non-hydrogen) atoms. The lowest BCUT2D eigenvalue weighted by Crippen LogP contribution is -2.51. The SMILES string of the molecule is CC(C)CCC[C@H](C)[C@@H]1CC[C@@H]2[C@H]3CC=C4C[C@@H](OC(=O)COc5cc(O)c6c(=O)cc(-c7ccccc7)oc6c5)CC[C@]4(C)[C@@H]3CC[C@]21C. The highest BCUT2D eigenvalue weighted by molar-refractivity contribution is 5.86. The zero-order valence-corrected chi connectivity index (χ0v) is 30.7. The lowest BCUT2D eigenvalue weighted by atomic mass is 9.47. The number of carbonyl (C=O) groups is 1. The summed E-state index contributed by atoms with van der Waals surface area (Å²) in [5.74, 6) is 4.75. The number of aromatic hydroxyl groups is 1. The van der Waals surface area contributed by atoms with Gasteiger partial charge in [0, 0.05) is 30.2 Å². The van der Waals surface area contributed by atoms with Gasteiger partial charge < -0.3 is 19.0 Å². The monoisotopic (exact) mass is 680 g/mol. The van der Waals surface area contributed by atoms with Crippen LogP contribution in [0.2, 0.25) is 0 Å². The van der Waals surface area contributed by atoms with Crippen LogP contribution >= 0.6 is 0 Å². The van der Waals surface area contributed by atoms with E-state index in [9.17, 15) is 14.7 Å². The molecule has 0 spiro atoms. The van der Waals surface area contributed by atoms with Gasteiger partial charge >= 0.3 is 5.97 Å². The molecule has 0 saturated heterocycles. The molecule has 0 radical (unpaired) electrons. The average molecular weight is 681 g/mol. The van der Waals surface area contributed by atoms with E-state index in [1.807, 2.05) is 30.3 Å². The summed E-state index contributed by atoms with van der Waals surface area (Å²) in [7, 11) is 0. The summed E-state index contributed by atoms with van der Waals surface area (Å²) < 4.78 is 17.7. The maximum Gasteiger partial charge on any atom is 0.344 e. The molecule has 7 rings (SSSR count). The van der Waals surface area contributed by atoms with E-state index in [1.165, 1.54) is 69.1 Å². The van der Waals surface area contributed by atoms with Crippen LogP contribution in [0.5, 0.6) is 11.5 Å². The molecule has 6 nitrogen and oxygen atoms in total. The topological polar surface area (TPSA) is 86.0 Å². The fraction of sp³-hybridized carbons (Fsp3) is 0.591. The van der Waals surface area contributed by atoms with Crippen LogP contribution in [-0.4, -0.2) is 23.8 Å². The summed E-state index contributed by atoms with van der Waals surface area (Å²) in [6.45, 7) is 12.1. The van der Waals surface area contributed by atoms with Crippen LogP contribution in [0.3, 0.4) is 0 Å². The molecule has 3 fully saturated rings. The highest BCUT2D eigenvalue weighted by Crippen LogP contribution is 2.67. The van der Waals surface area contributed by atoms with E-state index in [0.29, 0.717) is 11.2 Å². The van der Waals surface area contributed by atoms with Crippen molar-refractivity contribution in [3.8, 4) is 22.8 Å². The molecule has 0 amide bonds. The summed E-state index contributed by atoms with van der Waals surface area (Å²) in [4.78, 5) is 25.8. The Labute approximate surface area is 297 Å². The molecule has 3 saturated carbocycles. The molecule has 1 N–H and O–H groups in total. The minimum Gasteiger partial charge on any atom is -0.507 e. The first-order valence-corrected chi connectivity index (χ1v) is 19.3. The van der Waals surface area contributed by atoms with E-state index in [1.54, 1.807) is 6.07 Å². The van der Waals surface area contributed by atoms with Crippen molar-refractivity contribution in [2.24, 2.45) is 46.3 Å². The third-order valence-corrected chi connectivity index (χ3v) is 13.8. The van der Waals surface area contributed by atoms with Gasteiger partial charge in [-0.05, 0) is 91.3 Å². The van der Waals surface area contributed by atoms with Gasteiger partial charge in [0.05, 0.1) is 0 Å². The molecule has 6 heteroatoms. The maximum atomic E-state index is 13.0. The molecule has 4 aliphatic rings.